The molecule has 1 atom stereocenters. The van der Waals surface area contributed by atoms with Gasteiger partial charge in [0.2, 0.25) is 0 Å². The van der Waals surface area contributed by atoms with Gasteiger partial charge >= 0.3 is 0 Å². The molecule has 0 aliphatic heterocycles. The largest absolute Gasteiger partial charge is 0.324 e. The summed E-state index contributed by atoms with van der Waals surface area (Å²) >= 11 is 3.39. The van der Waals surface area contributed by atoms with Gasteiger partial charge in [-0.15, -0.1) is 6.58 Å². The van der Waals surface area contributed by atoms with E-state index in [1.165, 1.54) is 0 Å². The van der Waals surface area contributed by atoms with Crippen LogP contribution in [0.3, 0.4) is 0 Å². The van der Waals surface area contributed by atoms with Crippen molar-refractivity contribution in [3.05, 3.63) is 46.5 Å². The Labute approximate surface area is 92.2 Å². The molecule has 0 aliphatic rings. The molecule has 0 amide bonds. The van der Waals surface area contributed by atoms with Gasteiger partial charge in [-0.25, -0.2) is 0 Å². The maximum absolute atomic E-state index is 8.68. The standard InChI is InChI=1S/C11H11BrN2/c1-2-3-11(14)9-5-4-8(7-13)6-10(9)12/h2,4-6,11H,1,3,14H2/t11-/m0/s1. The first-order valence-corrected chi connectivity index (χ1v) is 5.04. The molecule has 72 valence electrons. The summed E-state index contributed by atoms with van der Waals surface area (Å²) in [7, 11) is 0. The minimum Gasteiger partial charge on any atom is -0.324 e. The molecule has 0 radical (unpaired) electrons. The number of rotatable bonds is 3. The van der Waals surface area contributed by atoms with E-state index in [0.717, 1.165) is 16.5 Å². The highest BCUT2D eigenvalue weighted by atomic mass is 79.9. The van der Waals surface area contributed by atoms with Crippen LogP contribution in [0, 0.1) is 11.3 Å². The molecular formula is C11H11BrN2. The zero-order valence-electron chi connectivity index (χ0n) is 7.70. The Bertz CT molecular complexity index is 379. The Balaban J connectivity index is 3.00. The summed E-state index contributed by atoms with van der Waals surface area (Å²) in [4.78, 5) is 0. The number of hydrogen-bond donors (Lipinski definition) is 1. The van der Waals surface area contributed by atoms with Crippen LogP contribution in [0.5, 0.6) is 0 Å². The molecule has 0 bridgehead atoms. The molecule has 1 rings (SSSR count). The number of hydrogen-bond acceptors (Lipinski definition) is 2. The fourth-order valence-electron chi connectivity index (χ4n) is 1.20. The van der Waals surface area contributed by atoms with Crippen molar-refractivity contribution < 1.29 is 0 Å². The Morgan fingerprint density at radius 3 is 2.86 bits per heavy atom. The Kier molecular flexibility index (Phi) is 3.87. The minimum absolute atomic E-state index is 0.0605. The van der Waals surface area contributed by atoms with Crippen molar-refractivity contribution in [2.24, 2.45) is 5.73 Å². The summed E-state index contributed by atoms with van der Waals surface area (Å²) in [5.41, 5.74) is 7.55. The molecule has 2 N–H and O–H groups in total. The number of nitriles is 1. The van der Waals surface area contributed by atoms with Crippen molar-refractivity contribution in [3.63, 3.8) is 0 Å². The fourth-order valence-corrected chi connectivity index (χ4v) is 1.88. The third-order valence-corrected chi connectivity index (χ3v) is 2.64. The summed E-state index contributed by atoms with van der Waals surface area (Å²) in [6.07, 6.45) is 2.51. The van der Waals surface area contributed by atoms with Gasteiger partial charge in [-0.3, -0.25) is 0 Å². The first kappa shape index (κ1) is 11.0. The first-order valence-electron chi connectivity index (χ1n) is 4.25. The molecule has 1 aromatic rings. The Morgan fingerprint density at radius 2 is 2.36 bits per heavy atom. The molecule has 3 heteroatoms. The van der Waals surface area contributed by atoms with Crippen molar-refractivity contribution in [1.82, 2.24) is 0 Å². The zero-order chi connectivity index (χ0) is 10.6. The van der Waals surface area contributed by atoms with E-state index >= 15 is 0 Å². The van der Waals surface area contributed by atoms with Crippen LogP contribution >= 0.6 is 15.9 Å². The fraction of sp³-hybridized carbons (Fsp3) is 0.182. The molecule has 2 nitrogen and oxygen atoms in total. The molecular weight excluding hydrogens is 240 g/mol. The van der Waals surface area contributed by atoms with E-state index in [0.29, 0.717) is 5.56 Å². The van der Waals surface area contributed by atoms with Crippen LogP contribution in [0.1, 0.15) is 23.6 Å². The van der Waals surface area contributed by atoms with E-state index in [9.17, 15) is 0 Å². The second kappa shape index (κ2) is 4.94. The maximum Gasteiger partial charge on any atom is 0.0992 e. The SMILES string of the molecule is C=CC[C@H](N)c1ccc(C#N)cc1Br. The van der Waals surface area contributed by atoms with Gasteiger partial charge in [0.05, 0.1) is 11.6 Å². The molecule has 0 saturated carbocycles. The minimum atomic E-state index is -0.0605. The van der Waals surface area contributed by atoms with E-state index in [2.05, 4.69) is 28.6 Å². The van der Waals surface area contributed by atoms with Crippen LogP contribution in [-0.2, 0) is 0 Å². The average Bonchev–Trinajstić information content (AvgIpc) is 2.17. The normalized spacial score (nSPS) is 11.8. The van der Waals surface area contributed by atoms with Gasteiger partial charge in [0, 0.05) is 10.5 Å². The van der Waals surface area contributed by atoms with Crippen LogP contribution in [0.25, 0.3) is 0 Å². The van der Waals surface area contributed by atoms with Crippen molar-refractivity contribution in [3.8, 4) is 6.07 Å². The smallest absolute Gasteiger partial charge is 0.0992 e. The lowest BCUT2D eigenvalue weighted by atomic mass is 10.0. The highest BCUT2D eigenvalue weighted by molar-refractivity contribution is 9.10. The molecule has 0 saturated heterocycles. The van der Waals surface area contributed by atoms with Crippen molar-refractivity contribution in [1.29, 1.82) is 5.26 Å². The molecule has 0 spiro atoms. The van der Waals surface area contributed by atoms with Gasteiger partial charge in [-0.05, 0) is 24.1 Å². The van der Waals surface area contributed by atoms with Crippen molar-refractivity contribution in [2.45, 2.75) is 12.5 Å². The summed E-state index contributed by atoms with van der Waals surface area (Å²) in [6, 6.07) is 7.43. The molecule has 1 aromatic carbocycles. The third kappa shape index (κ3) is 2.44. The Hall–Kier alpha value is -1.11. The summed E-state index contributed by atoms with van der Waals surface area (Å²) in [6.45, 7) is 3.64. The molecule has 0 aliphatic carbocycles. The lowest BCUT2D eigenvalue weighted by molar-refractivity contribution is 0.738. The Morgan fingerprint density at radius 1 is 1.64 bits per heavy atom. The van der Waals surface area contributed by atoms with E-state index in [4.69, 9.17) is 11.0 Å². The van der Waals surface area contributed by atoms with Gasteiger partial charge < -0.3 is 5.73 Å². The highest BCUT2D eigenvalue weighted by Gasteiger charge is 2.08. The van der Waals surface area contributed by atoms with E-state index < -0.39 is 0 Å². The average molecular weight is 251 g/mol. The maximum atomic E-state index is 8.68. The van der Waals surface area contributed by atoms with Gasteiger partial charge in [-0.1, -0.05) is 28.1 Å². The van der Waals surface area contributed by atoms with Crippen LogP contribution in [0.4, 0.5) is 0 Å². The molecule has 0 aromatic heterocycles. The van der Waals surface area contributed by atoms with Gasteiger partial charge in [0.15, 0.2) is 0 Å². The lowest BCUT2D eigenvalue weighted by Gasteiger charge is -2.11. The third-order valence-electron chi connectivity index (χ3n) is 1.95. The summed E-state index contributed by atoms with van der Waals surface area (Å²) in [5, 5.41) is 8.68. The monoisotopic (exact) mass is 250 g/mol. The molecule has 14 heavy (non-hydrogen) atoms. The molecule has 0 fully saturated rings. The highest BCUT2D eigenvalue weighted by Crippen LogP contribution is 2.25. The van der Waals surface area contributed by atoms with Crippen LogP contribution in [-0.4, -0.2) is 0 Å². The topological polar surface area (TPSA) is 49.8 Å². The molecule has 0 heterocycles. The van der Waals surface area contributed by atoms with Gasteiger partial charge in [0.25, 0.3) is 0 Å². The van der Waals surface area contributed by atoms with Crippen molar-refractivity contribution >= 4 is 15.9 Å². The van der Waals surface area contributed by atoms with Gasteiger partial charge in [-0.2, -0.15) is 5.26 Å². The number of benzene rings is 1. The van der Waals surface area contributed by atoms with Crippen LogP contribution in [0.2, 0.25) is 0 Å². The van der Waals surface area contributed by atoms with Crippen molar-refractivity contribution in [2.75, 3.05) is 0 Å². The van der Waals surface area contributed by atoms with E-state index in [1.807, 2.05) is 6.07 Å². The van der Waals surface area contributed by atoms with Gasteiger partial charge in [0.1, 0.15) is 0 Å². The summed E-state index contributed by atoms with van der Waals surface area (Å²) in [5.74, 6) is 0. The van der Waals surface area contributed by atoms with Crippen LogP contribution in [0.15, 0.2) is 35.3 Å². The second-order valence-electron chi connectivity index (χ2n) is 2.98. The number of nitrogens with two attached hydrogens (primary N) is 1. The number of halogens is 1. The quantitative estimate of drug-likeness (QED) is 0.839. The van der Waals surface area contributed by atoms with E-state index in [1.54, 1.807) is 18.2 Å². The predicted molar refractivity (Wildman–Crippen MR) is 60.6 cm³/mol. The number of nitrogens with zero attached hydrogens (tertiary/aromatic N) is 1. The first-order chi connectivity index (χ1) is 6.69. The predicted octanol–water partition coefficient (Wildman–Crippen LogP) is 2.90. The molecule has 0 unspecified atom stereocenters. The zero-order valence-corrected chi connectivity index (χ0v) is 9.29. The lowest BCUT2D eigenvalue weighted by Crippen LogP contribution is -2.09. The van der Waals surface area contributed by atoms with E-state index in [-0.39, 0.29) is 6.04 Å². The van der Waals surface area contributed by atoms with Crippen LogP contribution < -0.4 is 5.73 Å². The summed E-state index contributed by atoms with van der Waals surface area (Å²) < 4.78 is 0.880. The second-order valence-corrected chi connectivity index (χ2v) is 3.83.